The highest BCUT2D eigenvalue weighted by Crippen LogP contribution is 2.26. The van der Waals surface area contributed by atoms with Gasteiger partial charge in [-0.25, -0.2) is 9.97 Å². The molecule has 19 heavy (non-hydrogen) atoms. The molecule has 1 aromatic carbocycles. The van der Waals surface area contributed by atoms with E-state index >= 15 is 0 Å². The highest BCUT2D eigenvalue weighted by Gasteiger charge is 2.08. The monoisotopic (exact) mass is 296 g/mol. The number of halogens is 2. The number of methoxy groups -OCH3 is 1. The van der Waals surface area contributed by atoms with Gasteiger partial charge < -0.3 is 4.74 Å². The van der Waals surface area contributed by atoms with Gasteiger partial charge in [0.25, 0.3) is 0 Å². The zero-order valence-corrected chi connectivity index (χ0v) is 11.6. The third kappa shape index (κ3) is 3.43. The predicted octanol–water partition coefficient (Wildman–Crippen LogP) is 3.17. The zero-order chi connectivity index (χ0) is 13.8. The molecule has 0 unspecified atom stereocenters. The molecule has 0 N–H and O–H groups in total. The van der Waals surface area contributed by atoms with Gasteiger partial charge >= 0.3 is 5.97 Å². The summed E-state index contributed by atoms with van der Waals surface area (Å²) >= 11 is 11.6. The minimum Gasteiger partial charge on any atom is -0.469 e. The molecule has 0 spiro atoms. The molecule has 0 fully saturated rings. The fourth-order valence-corrected chi connectivity index (χ4v) is 1.99. The van der Waals surface area contributed by atoms with Crippen LogP contribution in [0.3, 0.4) is 0 Å². The first kappa shape index (κ1) is 13.8. The zero-order valence-electron chi connectivity index (χ0n) is 10.1. The Kier molecular flexibility index (Phi) is 4.35. The molecule has 0 amide bonds. The van der Waals surface area contributed by atoms with Crippen molar-refractivity contribution in [2.24, 2.45) is 0 Å². The van der Waals surface area contributed by atoms with E-state index in [2.05, 4.69) is 14.7 Å². The Hall–Kier alpha value is -1.65. The van der Waals surface area contributed by atoms with Crippen molar-refractivity contribution in [2.75, 3.05) is 7.11 Å². The van der Waals surface area contributed by atoms with Gasteiger partial charge in [0.1, 0.15) is 5.15 Å². The van der Waals surface area contributed by atoms with Gasteiger partial charge in [-0.1, -0.05) is 35.9 Å². The number of benzene rings is 1. The van der Waals surface area contributed by atoms with E-state index in [1.54, 1.807) is 6.20 Å². The van der Waals surface area contributed by atoms with Gasteiger partial charge in [0.2, 0.25) is 5.28 Å². The molecule has 4 nitrogen and oxygen atoms in total. The Labute approximate surface area is 120 Å². The maximum atomic E-state index is 11.1. The van der Waals surface area contributed by atoms with Gasteiger partial charge in [-0.3, -0.25) is 4.79 Å². The summed E-state index contributed by atoms with van der Waals surface area (Å²) in [5.41, 5.74) is 2.41. The second kappa shape index (κ2) is 5.99. The number of hydrogen-bond acceptors (Lipinski definition) is 4. The number of nitrogens with zero attached hydrogens (tertiary/aromatic N) is 2. The lowest BCUT2D eigenvalue weighted by Crippen LogP contribution is -2.04. The molecule has 1 heterocycles. The summed E-state index contributed by atoms with van der Waals surface area (Å²) in [5, 5.41) is 0.400. The van der Waals surface area contributed by atoms with Crippen LogP contribution in [0.15, 0.2) is 30.5 Å². The molecule has 0 aliphatic rings. The summed E-state index contributed by atoms with van der Waals surface area (Å²) in [6.45, 7) is 0. The standard InChI is InChI=1S/C13H10Cl2N2O2/c1-19-11(18)6-8-2-4-9(5-3-8)10-7-16-13(15)17-12(10)14/h2-5,7H,6H2,1H3. The van der Waals surface area contributed by atoms with E-state index < -0.39 is 0 Å². The topological polar surface area (TPSA) is 52.1 Å². The quantitative estimate of drug-likeness (QED) is 0.496. The minimum atomic E-state index is -0.277. The van der Waals surface area contributed by atoms with Gasteiger partial charge in [0.05, 0.1) is 13.5 Å². The van der Waals surface area contributed by atoms with Crippen LogP contribution in [0.5, 0.6) is 0 Å². The Morgan fingerprint density at radius 2 is 1.95 bits per heavy atom. The van der Waals surface area contributed by atoms with Crippen LogP contribution in [0.2, 0.25) is 10.4 Å². The molecule has 0 bridgehead atoms. The molecule has 0 aliphatic carbocycles. The van der Waals surface area contributed by atoms with Gasteiger partial charge in [0, 0.05) is 11.8 Å². The van der Waals surface area contributed by atoms with E-state index in [0.717, 1.165) is 11.1 Å². The van der Waals surface area contributed by atoms with Crippen LogP contribution in [-0.4, -0.2) is 23.0 Å². The van der Waals surface area contributed by atoms with Crippen molar-refractivity contribution in [3.8, 4) is 11.1 Å². The summed E-state index contributed by atoms with van der Waals surface area (Å²) < 4.78 is 4.61. The molecule has 0 aliphatic heterocycles. The van der Waals surface area contributed by atoms with E-state index in [-0.39, 0.29) is 17.7 Å². The Morgan fingerprint density at radius 1 is 1.26 bits per heavy atom. The van der Waals surface area contributed by atoms with Crippen molar-refractivity contribution in [1.29, 1.82) is 0 Å². The largest absolute Gasteiger partial charge is 0.469 e. The molecule has 2 aromatic rings. The van der Waals surface area contributed by atoms with Crippen LogP contribution in [0, 0.1) is 0 Å². The SMILES string of the molecule is COC(=O)Cc1ccc(-c2cnc(Cl)nc2Cl)cc1. The number of carbonyl (C=O) groups is 1. The molecule has 0 radical (unpaired) electrons. The van der Waals surface area contributed by atoms with Crippen LogP contribution in [0.25, 0.3) is 11.1 Å². The maximum absolute atomic E-state index is 11.1. The molecule has 1 aromatic heterocycles. The predicted molar refractivity (Wildman–Crippen MR) is 73.2 cm³/mol. The number of hydrogen-bond donors (Lipinski definition) is 0. The number of carbonyl (C=O) groups excluding carboxylic acids is 1. The molecule has 0 saturated carbocycles. The number of aromatic nitrogens is 2. The lowest BCUT2D eigenvalue weighted by atomic mass is 10.1. The smallest absolute Gasteiger partial charge is 0.309 e. The lowest BCUT2D eigenvalue weighted by molar-refractivity contribution is -0.139. The van der Waals surface area contributed by atoms with Crippen molar-refractivity contribution >= 4 is 29.2 Å². The first-order chi connectivity index (χ1) is 9.10. The summed E-state index contributed by atoms with van der Waals surface area (Å²) in [7, 11) is 1.36. The van der Waals surface area contributed by atoms with Gasteiger partial charge in [-0.15, -0.1) is 0 Å². The normalized spacial score (nSPS) is 10.3. The molecule has 6 heteroatoms. The molecular formula is C13H10Cl2N2O2. The van der Waals surface area contributed by atoms with Crippen molar-refractivity contribution in [3.05, 3.63) is 46.5 Å². The molecule has 98 valence electrons. The number of esters is 1. The molecule has 2 rings (SSSR count). The first-order valence-corrected chi connectivity index (χ1v) is 6.20. The Balaban J connectivity index is 2.25. The summed E-state index contributed by atoms with van der Waals surface area (Å²) in [4.78, 5) is 18.9. The fourth-order valence-electron chi connectivity index (χ4n) is 1.58. The van der Waals surface area contributed by atoms with Crippen molar-refractivity contribution in [1.82, 2.24) is 9.97 Å². The van der Waals surface area contributed by atoms with Crippen molar-refractivity contribution in [2.45, 2.75) is 6.42 Å². The van der Waals surface area contributed by atoms with Crippen LogP contribution >= 0.6 is 23.2 Å². The van der Waals surface area contributed by atoms with E-state index in [0.29, 0.717) is 10.7 Å². The van der Waals surface area contributed by atoms with Crippen LogP contribution < -0.4 is 0 Å². The van der Waals surface area contributed by atoms with E-state index in [1.807, 2.05) is 24.3 Å². The Bertz CT molecular complexity index is 600. The molecule has 0 saturated heterocycles. The highest BCUT2D eigenvalue weighted by molar-refractivity contribution is 6.33. The van der Waals surface area contributed by atoms with Crippen LogP contribution in [0.1, 0.15) is 5.56 Å². The second-order valence-electron chi connectivity index (χ2n) is 3.79. The second-order valence-corrected chi connectivity index (χ2v) is 4.49. The summed E-state index contributed by atoms with van der Waals surface area (Å²) in [5.74, 6) is -0.277. The third-order valence-corrected chi connectivity index (χ3v) is 3.02. The molecule has 0 atom stereocenters. The minimum absolute atomic E-state index is 0.107. The van der Waals surface area contributed by atoms with Gasteiger partial charge in [0.15, 0.2) is 0 Å². The van der Waals surface area contributed by atoms with E-state index in [1.165, 1.54) is 7.11 Å². The average molecular weight is 297 g/mol. The fraction of sp³-hybridized carbons (Fsp3) is 0.154. The van der Waals surface area contributed by atoms with Crippen molar-refractivity contribution in [3.63, 3.8) is 0 Å². The summed E-state index contributed by atoms with van der Waals surface area (Å²) in [6, 6.07) is 7.35. The van der Waals surface area contributed by atoms with Crippen LogP contribution in [-0.2, 0) is 16.0 Å². The number of rotatable bonds is 3. The number of ether oxygens (including phenoxy) is 1. The first-order valence-electron chi connectivity index (χ1n) is 5.44. The van der Waals surface area contributed by atoms with Gasteiger partial charge in [-0.2, -0.15) is 0 Å². The summed E-state index contributed by atoms with van der Waals surface area (Å²) in [6.07, 6.45) is 1.80. The van der Waals surface area contributed by atoms with Gasteiger partial charge in [-0.05, 0) is 22.7 Å². The molecular weight excluding hydrogens is 287 g/mol. The third-order valence-electron chi connectivity index (χ3n) is 2.55. The lowest BCUT2D eigenvalue weighted by Gasteiger charge is -2.05. The average Bonchev–Trinajstić information content (AvgIpc) is 2.40. The maximum Gasteiger partial charge on any atom is 0.309 e. The van der Waals surface area contributed by atoms with E-state index in [9.17, 15) is 4.79 Å². The Morgan fingerprint density at radius 3 is 2.53 bits per heavy atom. The van der Waals surface area contributed by atoms with Crippen LogP contribution in [0.4, 0.5) is 0 Å². The highest BCUT2D eigenvalue weighted by atomic mass is 35.5. The van der Waals surface area contributed by atoms with E-state index in [4.69, 9.17) is 23.2 Å². The van der Waals surface area contributed by atoms with Crippen molar-refractivity contribution < 1.29 is 9.53 Å².